The van der Waals surface area contributed by atoms with Crippen LogP contribution >= 0.6 is 31.9 Å². The van der Waals surface area contributed by atoms with Gasteiger partial charge in [0.25, 0.3) is 0 Å². The molecular formula is C18H10Br2O3. The Morgan fingerprint density at radius 2 is 1.13 bits per heavy atom. The van der Waals surface area contributed by atoms with Crippen LogP contribution in [0.3, 0.4) is 0 Å². The number of cyclic esters (lactones) is 2. The quantitative estimate of drug-likeness (QED) is 0.463. The van der Waals surface area contributed by atoms with Crippen molar-refractivity contribution in [1.29, 1.82) is 0 Å². The summed E-state index contributed by atoms with van der Waals surface area (Å²) in [5.41, 5.74) is 4.53. The minimum absolute atomic E-state index is 0.112. The maximum Gasteiger partial charge on any atom is 0.318 e. The number of carbonyl (C=O) groups excluding carboxylic acids is 2. The van der Waals surface area contributed by atoms with Gasteiger partial charge in [-0.05, 0) is 46.5 Å². The van der Waals surface area contributed by atoms with Gasteiger partial charge in [-0.3, -0.25) is 9.59 Å². The number of halogens is 2. The van der Waals surface area contributed by atoms with E-state index in [1.54, 1.807) is 0 Å². The lowest BCUT2D eigenvalue weighted by molar-refractivity contribution is -0.153. The van der Waals surface area contributed by atoms with Gasteiger partial charge in [0.15, 0.2) is 0 Å². The number of ether oxygens (including phenoxy) is 1. The van der Waals surface area contributed by atoms with Crippen LogP contribution in [0.5, 0.6) is 0 Å². The first-order chi connectivity index (χ1) is 11.1. The van der Waals surface area contributed by atoms with E-state index < -0.39 is 11.8 Å². The second-order valence-corrected chi connectivity index (χ2v) is 8.12. The Kier molecular flexibility index (Phi) is 2.75. The van der Waals surface area contributed by atoms with Crippen LogP contribution in [0.1, 0.15) is 34.1 Å². The summed E-state index contributed by atoms with van der Waals surface area (Å²) in [6, 6.07) is 12.3. The van der Waals surface area contributed by atoms with Gasteiger partial charge in [-0.2, -0.15) is 0 Å². The molecule has 3 nitrogen and oxygen atoms in total. The van der Waals surface area contributed by atoms with Gasteiger partial charge in [0.05, 0.1) is 11.8 Å². The average molecular weight is 434 g/mol. The van der Waals surface area contributed by atoms with Crippen molar-refractivity contribution in [3.63, 3.8) is 0 Å². The standard InChI is InChI=1S/C18H10Br2O3/c19-7-1-3-9-11(5-7)14-10-4-2-8(20)6-12(10)13(9)15-16(14)18(22)23-17(15)21/h1-6,13-16H. The molecule has 23 heavy (non-hydrogen) atoms. The minimum atomic E-state index is -0.400. The Bertz CT molecular complexity index is 832. The predicted molar refractivity (Wildman–Crippen MR) is 90.0 cm³/mol. The summed E-state index contributed by atoms with van der Waals surface area (Å²) in [6.07, 6.45) is 0. The molecule has 4 unspecified atom stereocenters. The molecule has 2 bridgehead atoms. The lowest BCUT2D eigenvalue weighted by Gasteiger charge is -2.45. The van der Waals surface area contributed by atoms with Crippen LogP contribution in [-0.2, 0) is 14.3 Å². The van der Waals surface area contributed by atoms with Crippen LogP contribution in [0, 0.1) is 11.8 Å². The van der Waals surface area contributed by atoms with Crippen LogP contribution < -0.4 is 0 Å². The molecule has 0 spiro atoms. The van der Waals surface area contributed by atoms with Crippen LogP contribution in [0.15, 0.2) is 45.3 Å². The van der Waals surface area contributed by atoms with Crippen molar-refractivity contribution >= 4 is 43.8 Å². The fraction of sp³-hybridized carbons (Fsp3) is 0.222. The molecule has 0 N–H and O–H groups in total. The first kappa shape index (κ1) is 13.9. The number of hydrogen-bond acceptors (Lipinski definition) is 3. The van der Waals surface area contributed by atoms with Crippen molar-refractivity contribution in [3.8, 4) is 0 Å². The molecule has 3 aliphatic carbocycles. The number of carbonyl (C=O) groups is 2. The van der Waals surface area contributed by atoms with Crippen molar-refractivity contribution in [2.24, 2.45) is 11.8 Å². The first-order valence-corrected chi connectivity index (χ1v) is 8.99. The van der Waals surface area contributed by atoms with E-state index in [-0.39, 0.29) is 23.8 Å². The van der Waals surface area contributed by atoms with E-state index in [9.17, 15) is 9.59 Å². The van der Waals surface area contributed by atoms with E-state index in [1.165, 1.54) is 0 Å². The van der Waals surface area contributed by atoms with E-state index in [0.717, 1.165) is 31.2 Å². The summed E-state index contributed by atoms with van der Waals surface area (Å²) in [5, 5.41) is 0. The first-order valence-electron chi connectivity index (χ1n) is 7.40. The number of esters is 2. The Morgan fingerprint density at radius 1 is 0.696 bits per heavy atom. The fourth-order valence-corrected chi connectivity index (χ4v) is 5.28. The normalized spacial score (nSPS) is 29.8. The molecule has 2 aromatic rings. The minimum Gasteiger partial charge on any atom is -0.393 e. The molecule has 0 aromatic heterocycles. The molecule has 1 aliphatic heterocycles. The van der Waals surface area contributed by atoms with Crippen molar-refractivity contribution < 1.29 is 14.3 Å². The Balaban J connectivity index is 1.86. The highest BCUT2D eigenvalue weighted by Gasteiger charge is 2.60. The zero-order chi connectivity index (χ0) is 15.9. The molecule has 5 heteroatoms. The average Bonchev–Trinajstić information content (AvgIpc) is 2.82. The van der Waals surface area contributed by atoms with E-state index in [0.29, 0.717) is 0 Å². The number of hydrogen-bond donors (Lipinski definition) is 0. The SMILES string of the molecule is O=C1OC(=O)C2C3c4ccc(Br)cc4C(c4ccc(Br)cc43)C12. The van der Waals surface area contributed by atoms with Crippen molar-refractivity contribution in [1.82, 2.24) is 0 Å². The largest absolute Gasteiger partial charge is 0.393 e. The molecule has 4 aliphatic rings. The van der Waals surface area contributed by atoms with E-state index in [2.05, 4.69) is 56.1 Å². The van der Waals surface area contributed by atoms with Crippen LogP contribution in [0.25, 0.3) is 0 Å². The molecule has 6 rings (SSSR count). The van der Waals surface area contributed by atoms with Crippen LogP contribution in [-0.4, -0.2) is 11.9 Å². The van der Waals surface area contributed by atoms with Gasteiger partial charge in [-0.15, -0.1) is 0 Å². The van der Waals surface area contributed by atoms with Gasteiger partial charge < -0.3 is 4.74 Å². The zero-order valence-corrected chi connectivity index (χ0v) is 14.9. The zero-order valence-electron chi connectivity index (χ0n) is 11.8. The molecule has 4 atom stereocenters. The maximum atomic E-state index is 12.3. The molecule has 2 aromatic carbocycles. The number of rotatable bonds is 0. The molecule has 1 heterocycles. The summed E-state index contributed by atoms with van der Waals surface area (Å²) in [5.74, 6) is -1.78. The van der Waals surface area contributed by atoms with Gasteiger partial charge in [0.2, 0.25) is 0 Å². The van der Waals surface area contributed by atoms with E-state index >= 15 is 0 Å². The smallest absolute Gasteiger partial charge is 0.318 e. The third kappa shape index (κ3) is 1.69. The third-order valence-corrected chi connectivity index (χ3v) is 6.28. The highest BCUT2D eigenvalue weighted by Crippen LogP contribution is 2.61. The highest BCUT2D eigenvalue weighted by molar-refractivity contribution is 9.10. The Labute approximate surface area is 149 Å². The fourth-order valence-electron chi connectivity index (χ4n) is 4.52. The van der Waals surface area contributed by atoms with Gasteiger partial charge >= 0.3 is 11.9 Å². The maximum absolute atomic E-state index is 12.3. The van der Waals surface area contributed by atoms with Crippen LogP contribution in [0.4, 0.5) is 0 Å². The van der Waals surface area contributed by atoms with E-state index in [4.69, 9.17) is 4.74 Å². The lowest BCUT2D eigenvalue weighted by Crippen LogP contribution is -2.41. The molecule has 0 amide bonds. The Hall–Kier alpha value is -1.46. The topological polar surface area (TPSA) is 43.4 Å². The monoisotopic (exact) mass is 432 g/mol. The summed E-state index contributed by atoms with van der Waals surface area (Å²) < 4.78 is 6.98. The summed E-state index contributed by atoms with van der Waals surface area (Å²) in [4.78, 5) is 24.6. The lowest BCUT2D eigenvalue weighted by atomic mass is 9.55. The van der Waals surface area contributed by atoms with Gasteiger partial charge in [-0.25, -0.2) is 0 Å². The van der Waals surface area contributed by atoms with Crippen molar-refractivity contribution in [2.45, 2.75) is 11.8 Å². The summed E-state index contributed by atoms with van der Waals surface area (Å²) in [6.45, 7) is 0. The highest BCUT2D eigenvalue weighted by atomic mass is 79.9. The molecular weight excluding hydrogens is 424 g/mol. The molecule has 0 radical (unpaired) electrons. The van der Waals surface area contributed by atoms with Gasteiger partial charge in [-0.1, -0.05) is 44.0 Å². The second kappa shape index (κ2) is 4.54. The van der Waals surface area contributed by atoms with Gasteiger partial charge in [0, 0.05) is 20.8 Å². The van der Waals surface area contributed by atoms with E-state index in [1.807, 2.05) is 12.1 Å². The summed E-state index contributed by atoms with van der Waals surface area (Å²) >= 11 is 7.04. The Morgan fingerprint density at radius 3 is 1.57 bits per heavy atom. The molecule has 1 saturated heterocycles. The number of benzene rings is 2. The molecule has 0 saturated carbocycles. The van der Waals surface area contributed by atoms with Crippen molar-refractivity contribution in [3.05, 3.63) is 67.6 Å². The molecule has 114 valence electrons. The van der Waals surface area contributed by atoms with Crippen molar-refractivity contribution in [2.75, 3.05) is 0 Å². The predicted octanol–water partition coefficient (Wildman–Crippen LogP) is 4.12. The summed E-state index contributed by atoms with van der Waals surface area (Å²) in [7, 11) is 0. The third-order valence-electron chi connectivity index (χ3n) is 5.29. The molecule has 1 fully saturated rings. The van der Waals surface area contributed by atoms with Gasteiger partial charge in [0.1, 0.15) is 0 Å². The second-order valence-electron chi connectivity index (χ2n) is 6.29. The van der Waals surface area contributed by atoms with Crippen LogP contribution in [0.2, 0.25) is 0 Å².